The molecule has 136 valence electrons. The molecule has 1 aromatic carbocycles. The van der Waals surface area contributed by atoms with Crippen LogP contribution in [0.1, 0.15) is 51.5 Å². The van der Waals surface area contributed by atoms with Crippen molar-refractivity contribution in [2.45, 2.75) is 62.5 Å². The number of carbonyl (C=O) groups is 1. The van der Waals surface area contributed by atoms with E-state index in [1.165, 1.54) is 28.3 Å². The summed E-state index contributed by atoms with van der Waals surface area (Å²) in [5, 5.41) is 0. The van der Waals surface area contributed by atoms with Crippen molar-refractivity contribution in [1.82, 2.24) is 4.90 Å². The summed E-state index contributed by atoms with van der Waals surface area (Å²) in [6.07, 6.45) is 3.13. The van der Waals surface area contributed by atoms with Gasteiger partial charge in [0.15, 0.2) is 0 Å². The van der Waals surface area contributed by atoms with Gasteiger partial charge in [0.1, 0.15) is 5.60 Å². The Labute approximate surface area is 154 Å². The topological polar surface area (TPSA) is 32.8 Å². The number of rotatable bonds is 0. The van der Waals surface area contributed by atoms with Gasteiger partial charge in [-0.2, -0.15) is 0 Å². The molecule has 0 N–H and O–H groups in total. The van der Waals surface area contributed by atoms with Crippen molar-refractivity contribution >= 4 is 23.5 Å². The molecule has 4 rings (SSSR count). The van der Waals surface area contributed by atoms with Crippen LogP contribution < -0.4 is 4.90 Å². The van der Waals surface area contributed by atoms with E-state index in [4.69, 9.17) is 4.74 Å². The monoisotopic (exact) mass is 360 g/mol. The molecule has 25 heavy (non-hydrogen) atoms. The van der Waals surface area contributed by atoms with Gasteiger partial charge in [-0.15, -0.1) is 11.8 Å². The first-order valence-electron chi connectivity index (χ1n) is 9.44. The number of fused-ring (bicyclic) bond motifs is 3. The van der Waals surface area contributed by atoms with E-state index in [-0.39, 0.29) is 6.09 Å². The summed E-state index contributed by atoms with van der Waals surface area (Å²) < 4.78 is 5.60. The molecule has 3 aliphatic heterocycles. The largest absolute Gasteiger partial charge is 0.444 e. The van der Waals surface area contributed by atoms with E-state index in [2.05, 4.69) is 23.1 Å². The quantitative estimate of drug-likeness (QED) is 0.683. The lowest BCUT2D eigenvalue weighted by molar-refractivity contribution is 0.0255. The van der Waals surface area contributed by atoms with Crippen LogP contribution in [0.15, 0.2) is 23.1 Å². The Hall–Kier alpha value is -1.36. The first-order chi connectivity index (χ1) is 11.9. The normalized spacial score (nSPS) is 25.7. The molecule has 0 saturated carbocycles. The number of hydrogen-bond donors (Lipinski definition) is 0. The van der Waals surface area contributed by atoms with Gasteiger partial charge in [-0.3, -0.25) is 0 Å². The van der Waals surface area contributed by atoms with Gasteiger partial charge >= 0.3 is 6.09 Å². The second-order valence-corrected chi connectivity index (χ2v) is 9.44. The molecule has 0 aliphatic carbocycles. The predicted octanol–water partition coefficient (Wildman–Crippen LogP) is 4.49. The van der Waals surface area contributed by atoms with Gasteiger partial charge in [0.25, 0.3) is 0 Å². The molecule has 1 aromatic rings. The molecule has 1 amide bonds. The molecule has 2 atom stereocenters. The van der Waals surface area contributed by atoms with Crippen LogP contribution >= 0.6 is 11.8 Å². The lowest BCUT2D eigenvalue weighted by Gasteiger charge is -2.29. The highest BCUT2D eigenvalue weighted by Gasteiger charge is 2.42. The number of ether oxygens (including phenoxy) is 1. The lowest BCUT2D eigenvalue weighted by atomic mass is 9.91. The van der Waals surface area contributed by atoms with Gasteiger partial charge in [-0.05, 0) is 57.4 Å². The van der Waals surface area contributed by atoms with Gasteiger partial charge in [0, 0.05) is 36.5 Å². The number of hydrogen-bond acceptors (Lipinski definition) is 4. The maximum absolute atomic E-state index is 12.5. The summed E-state index contributed by atoms with van der Waals surface area (Å²) in [5.41, 5.74) is 2.57. The lowest BCUT2D eigenvalue weighted by Crippen LogP contribution is -2.39. The molecular weight excluding hydrogens is 332 g/mol. The fraction of sp³-hybridized carbons (Fsp3) is 0.650. The smallest absolute Gasteiger partial charge is 0.410 e. The third-order valence-corrected chi connectivity index (χ3v) is 6.57. The van der Waals surface area contributed by atoms with Gasteiger partial charge in [0.05, 0.1) is 5.69 Å². The summed E-state index contributed by atoms with van der Waals surface area (Å²) in [7, 11) is 0. The van der Waals surface area contributed by atoms with Crippen molar-refractivity contribution in [3.63, 3.8) is 0 Å². The number of benzene rings is 1. The van der Waals surface area contributed by atoms with E-state index >= 15 is 0 Å². The van der Waals surface area contributed by atoms with E-state index in [0.29, 0.717) is 12.0 Å². The Morgan fingerprint density at radius 1 is 1.20 bits per heavy atom. The number of amides is 1. The minimum atomic E-state index is -0.428. The minimum absolute atomic E-state index is 0.159. The Kier molecular flexibility index (Phi) is 4.38. The highest BCUT2D eigenvalue weighted by Crippen LogP contribution is 2.50. The molecule has 0 spiro atoms. The standard InChI is InChI=1S/C20H28N2O2S/c1-20(2,3)24-19(23)21-11-8-14-15-6-4-7-17-18(15)22(10-5-13-25-17)16(14)9-12-21/h4,6-7,14,16H,5,8-13H2,1-3H3. The van der Waals surface area contributed by atoms with Gasteiger partial charge < -0.3 is 14.5 Å². The Balaban J connectivity index is 1.57. The van der Waals surface area contributed by atoms with Crippen LogP contribution in [0.2, 0.25) is 0 Å². The average molecular weight is 361 g/mol. The number of para-hydroxylation sites is 1. The van der Waals surface area contributed by atoms with Crippen LogP contribution in [0.4, 0.5) is 10.5 Å². The zero-order valence-electron chi connectivity index (χ0n) is 15.5. The first kappa shape index (κ1) is 17.1. The third-order valence-electron chi connectivity index (χ3n) is 5.44. The van der Waals surface area contributed by atoms with Gasteiger partial charge in [-0.1, -0.05) is 12.1 Å². The van der Waals surface area contributed by atoms with Crippen LogP contribution in [0, 0.1) is 0 Å². The van der Waals surface area contributed by atoms with E-state index in [9.17, 15) is 4.79 Å². The second kappa shape index (κ2) is 6.42. The molecule has 1 saturated heterocycles. The SMILES string of the molecule is CC(C)(C)OC(=O)N1CCC2c3cccc4c3N(CCCS4)C2CC1. The molecule has 0 aromatic heterocycles. The Bertz CT molecular complexity index is 670. The molecule has 1 fully saturated rings. The van der Waals surface area contributed by atoms with Crippen LogP contribution in [0.5, 0.6) is 0 Å². The number of thioether (sulfide) groups is 1. The molecular formula is C20H28N2O2S. The number of carbonyl (C=O) groups excluding carboxylic acids is 1. The van der Waals surface area contributed by atoms with Crippen LogP contribution in [-0.2, 0) is 4.74 Å². The van der Waals surface area contributed by atoms with Crippen molar-refractivity contribution in [3.8, 4) is 0 Å². The zero-order valence-corrected chi connectivity index (χ0v) is 16.3. The summed E-state index contributed by atoms with van der Waals surface area (Å²) in [4.78, 5) is 18.5. The third kappa shape index (κ3) is 3.23. The minimum Gasteiger partial charge on any atom is -0.444 e. The molecule has 0 bridgehead atoms. The van der Waals surface area contributed by atoms with Crippen molar-refractivity contribution in [3.05, 3.63) is 23.8 Å². The molecule has 3 aliphatic rings. The zero-order chi connectivity index (χ0) is 17.6. The maximum Gasteiger partial charge on any atom is 0.410 e. The summed E-state index contributed by atoms with van der Waals surface area (Å²) in [5.74, 6) is 1.75. The maximum atomic E-state index is 12.5. The highest BCUT2D eigenvalue weighted by molar-refractivity contribution is 7.99. The predicted molar refractivity (Wildman–Crippen MR) is 103 cm³/mol. The molecule has 3 heterocycles. The average Bonchev–Trinajstić information content (AvgIpc) is 2.73. The summed E-state index contributed by atoms with van der Waals surface area (Å²) in [6.45, 7) is 8.53. The number of nitrogens with zero attached hydrogens (tertiary/aromatic N) is 2. The molecule has 4 nitrogen and oxygen atoms in total. The fourth-order valence-electron chi connectivity index (χ4n) is 4.46. The van der Waals surface area contributed by atoms with Crippen LogP contribution in [-0.4, -0.2) is 48.0 Å². The van der Waals surface area contributed by atoms with Crippen molar-refractivity contribution in [2.24, 2.45) is 0 Å². The number of likely N-dealkylation sites (tertiary alicyclic amines) is 1. The van der Waals surface area contributed by atoms with Crippen LogP contribution in [0.3, 0.4) is 0 Å². The molecule has 0 radical (unpaired) electrons. The van der Waals surface area contributed by atoms with Crippen molar-refractivity contribution in [2.75, 3.05) is 30.3 Å². The second-order valence-electron chi connectivity index (χ2n) is 8.31. The van der Waals surface area contributed by atoms with E-state index in [0.717, 1.165) is 32.5 Å². The molecule has 5 heteroatoms. The van der Waals surface area contributed by atoms with Crippen molar-refractivity contribution in [1.29, 1.82) is 0 Å². The first-order valence-corrected chi connectivity index (χ1v) is 10.4. The van der Waals surface area contributed by atoms with E-state index in [1.54, 1.807) is 0 Å². The van der Waals surface area contributed by atoms with Gasteiger partial charge in [-0.25, -0.2) is 4.79 Å². The Morgan fingerprint density at radius 2 is 2.00 bits per heavy atom. The van der Waals surface area contributed by atoms with E-state index in [1.807, 2.05) is 37.4 Å². The summed E-state index contributed by atoms with van der Waals surface area (Å²) in [6, 6.07) is 7.33. The fourth-order valence-corrected chi connectivity index (χ4v) is 5.50. The van der Waals surface area contributed by atoms with E-state index < -0.39 is 5.60 Å². The summed E-state index contributed by atoms with van der Waals surface area (Å²) >= 11 is 2.00. The van der Waals surface area contributed by atoms with Crippen LogP contribution in [0.25, 0.3) is 0 Å². The number of anilines is 1. The molecule has 2 unspecified atom stereocenters. The van der Waals surface area contributed by atoms with Crippen molar-refractivity contribution < 1.29 is 9.53 Å². The highest BCUT2D eigenvalue weighted by atomic mass is 32.2. The van der Waals surface area contributed by atoms with Gasteiger partial charge in [0.2, 0.25) is 0 Å². The Morgan fingerprint density at radius 3 is 2.80 bits per heavy atom.